The fourth-order valence-corrected chi connectivity index (χ4v) is 9.59. The molecular formula is C56H88N6O16S. The van der Waals surface area contributed by atoms with Gasteiger partial charge in [-0.05, 0) is 88.6 Å². The third-order valence-corrected chi connectivity index (χ3v) is 14.5. The SMILES string of the molecule is CC[C@H](C)[C@H](NC(=O)[C@H]1CCCCN1C)C(=O)N(COC(=O)CC(C)C)[C@H](C[C@@H](OC(C)=O)c1nc(C(=O)N[C@H](C[C@H](C)C(=O)OC(C)CNC(=O)CCCC(=O)OCC(OC)OC(C)CO)c2ccc(O)cc2)cs1)C(C)C. The number of thiazole rings is 1. The molecule has 0 radical (unpaired) electrons. The summed E-state index contributed by atoms with van der Waals surface area (Å²) in [6.45, 7) is 17.3. The van der Waals surface area contributed by atoms with Crippen LogP contribution in [0.1, 0.15) is 167 Å². The molecule has 5 N–H and O–H groups in total. The lowest BCUT2D eigenvalue weighted by Crippen LogP contribution is -2.59. The zero-order chi connectivity index (χ0) is 58.9. The normalized spacial score (nSPS) is 17.2. The van der Waals surface area contributed by atoms with E-state index in [1.54, 1.807) is 32.9 Å². The van der Waals surface area contributed by atoms with Crippen molar-refractivity contribution in [1.82, 2.24) is 30.7 Å². The molecule has 0 spiro atoms. The van der Waals surface area contributed by atoms with Crippen molar-refractivity contribution >= 4 is 58.8 Å². The number of likely N-dealkylation sites (N-methyl/N-ethyl adjacent to an activating group) is 1. The number of hydrogen-bond acceptors (Lipinski definition) is 19. The summed E-state index contributed by atoms with van der Waals surface area (Å²) in [6, 6.07) is 3.18. The number of phenolic OH excluding ortho intramolecular Hbond substituents is 1. The summed E-state index contributed by atoms with van der Waals surface area (Å²) in [5.74, 6) is -5.49. The van der Waals surface area contributed by atoms with E-state index in [-0.39, 0.29) is 104 Å². The molecule has 1 aliphatic rings. The van der Waals surface area contributed by atoms with Gasteiger partial charge in [-0.25, -0.2) is 4.98 Å². The number of hydrogen-bond donors (Lipinski definition) is 5. The Morgan fingerprint density at radius 3 is 2.19 bits per heavy atom. The third kappa shape index (κ3) is 23.5. The molecule has 23 heteroatoms. The van der Waals surface area contributed by atoms with E-state index >= 15 is 0 Å². The van der Waals surface area contributed by atoms with Gasteiger partial charge in [0.25, 0.3) is 5.91 Å². The molecule has 1 aromatic heterocycles. The van der Waals surface area contributed by atoms with Gasteiger partial charge in [0.1, 0.15) is 35.2 Å². The summed E-state index contributed by atoms with van der Waals surface area (Å²) in [5.41, 5.74) is 0.530. The van der Waals surface area contributed by atoms with Crippen molar-refractivity contribution < 1.29 is 77.0 Å². The van der Waals surface area contributed by atoms with Crippen LogP contribution >= 0.6 is 11.3 Å². The van der Waals surface area contributed by atoms with Crippen LogP contribution in [-0.4, -0.2) is 156 Å². The monoisotopic (exact) mass is 1130 g/mol. The van der Waals surface area contributed by atoms with Crippen LogP contribution < -0.4 is 16.0 Å². The number of aromatic nitrogens is 1. The van der Waals surface area contributed by atoms with Gasteiger partial charge in [-0.15, -0.1) is 11.3 Å². The van der Waals surface area contributed by atoms with Gasteiger partial charge in [0, 0.05) is 51.1 Å². The number of aliphatic hydroxyl groups is 1. The molecular weight excluding hydrogens is 1040 g/mol. The highest BCUT2D eigenvalue weighted by atomic mass is 32.1. The molecule has 2 aromatic rings. The second-order valence-electron chi connectivity index (χ2n) is 21.3. The average Bonchev–Trinajstić information content (AvgIpc) is 3.92. The van der Waals surface area contributed by atoms with E-state index in [4.69, 9.17) is 33.5 Å². The summed E-state index contributed by atoms with van der Waals surface area (Å²) >= 11 is 1.06. The number of aromatic hydroxyl groups is 1. The highest BCUT2D eigenvalue weighted by Gasteiger charge is 2.40. The van der Waals surface area contributed by atoms with Crippen LogP contribution in [0, 0.1) is 23.7 Å². The van der Waals surface area contributed by atoms with Crippen LogP contribution in [0.4, 0.5) is 0 Å². The minimum Gasteiger partial charge on any atom is -0.508 e. The van der Waals surface area contributed by atoms with Gasteiger partial charge < -0.3 is 59.5 Å². The maximum atomic E-state index is 15.0. The number of rotatable bonds is 34. The number of nitrogens with zero attached hydrogens (tertiary/aromatic N) is 3. The number of carbonyl (C=O) groups is 8. The van der Waals surface area contributed by atoms with Crippen molar-refractivity contribution in [2.45, 2.75) is 182 Å². The number of methoxy groups -OCH3 is 1. The van der Waals surface area contributed by atoms with E-state index in [1.165, 1.54) is 36.4 Å². The Morgan fingerprint density at radius 2 is 1.58 bits per heavy atom. The molecule has 0 aliphatic carbocycles. The van der Waals surface area contributed by atoms with Crippen molar-refractivity contribution in [2.75, 3.05) is 47.2 Å². The number of amides is 4. The van der Waals surface area contributed by atoms with Crippen LogP contribution in [0.2, 0.25) is 0 Å². The fraction of sp³-hybridized carbons (Fsp3) is 0.696. The number of esters is 4. The number of aliphatic hydroxyl groups excluding tert-OH is 1. The predicted molar refractivity (Wildman–Crippen MR) is 293 cm³/mol. The van der Waals surface area contributed by atoms with Crippen molar-refractivity contribution in [2.24, 2.45) is 23.7 Å². The molecule has 0 bridgehead atoms. The highest BCUT2D eigenvalue weighted by Crippen LogP contribution is 2.33. The standard InChI is InChI=1S/C56H88N6O16S/c1-13-35(6)51(60-53(70)44-17-14-15-24-61(44)11)55(71)62(32-75-49(68)25-33(2)3)45(34(4)5)27-46(78-39(10)64)54-59-43(31-79-54)52(69)58-42(40-20-22-41(65)23-21-40)26-36(7)56(72)77-37(8)28-57-47(66)18-16-19-48(67)74-30-50(73-12)76-38(9)29-63/h20-23,31,33-38,42,44-46,50-51,63,65H,13-19,24-30,32H2,1-12H3,(H,57,66)(H,58,69)(H,60,70)/t35-,36-,37?,38?,42+,44+,45+,46+,50?,51-/m0/s1. The number of carbonyl (C=O) groups excluding carboxylic acids is 8. The Balaban J connectivity index is 1.78. The van der Waals surface area contributed by atoms with E-state index in [1.807, 2.05) is 53.5 Å². The van der Waals surface area contributed by atoms with Gasteiger partial charge in [0.15, 0.2) is 19.1 Å². The molecule has 444 valence electrons. The summed E-state index contributed by atoms with van der Waals surface area (Å²) in [5, 5.41) is 29.7. The molecule has 2 heterocycles. The Bertz CT molecular complexity index is 2260. The fourth-order valence-electron chi connectivity index (χ4n) is 8.75. The number of phenols is 1. The molecule has 1 saturated heterocycles. The molecule has 1 fully saturated rings. The predicted octanol–water partition coefficient (Wildman–Crippen LogP) is 5.89. The second-order valence-corrected chi connectivity index (χ2v) is 22.2. The smallest absolute Gasteiger partial charge is 0.309 e. The summed E-state index contributed by atoms with van der Waals surface area (Å²) in [7, 11) is 3.27. The first kappa shape index (κ1) is 67.5. The quantitative estimate of drug-likeness (QED) is 0.0310. The van der Waals surface area contributed by atoms with Crippen molar-refractivity contribution in [1.29, 1.82) is 0 Å². The van der Waals surface area contributed by atoms with Gasteiger partial charge >= 0.3 is 23.9 Å². The van der Waals surface area contributed by atoms with E-state index in [2.05, 4.69) is 20.9 Å². The topological polar surface area (TPSA) is 288 Å². The second kappa shape index (κ2) is 34.4. The molecule has 0 saturated carbocycles. The zero-order valence-corrected chi connectivity index (χ0v) is 49.1. The van der Waals surface area contributed by atoms with Gasteiger partial charge in [0.2, 0.25) is 17.7 Å². The maximum absolute atomic E-state index is 15.0. The van der Waals surface area contributed by atoms with Crippen LogP contribution in [0.15, 0.2) is 29.6 Å². The Kier molecular flexibility index (Phi) is 29.4. The molecule has 1 aromatic carbocycles. The lowest BCUT2D eigenvalue weighted by Gasteiger charge is -2.39. The van der Waals surface area contributed by atoms with Crippen LogP contribution in [0.5, 0.6) is 5.75 Å². The van der Waals surface area contributed by atoms with Crippen LogP contribution in [0.3, 0.4) is 0 Å². The first-order valence-electron chi connectivity index (χ1n) is 27.5. The van der Waals surface area contributed by atoms with E-state index < -0.39 is 97.1 Å². The van der Waals surface area contributed by atoms with E-state index in [0.29, 0.717) is 18.4 Å². The van der Waals surface area contributed by atoms with Gasteiger partial charge in [-0.3, -0.25) is 43.3 Å². The molecule has 3 unspecified atom stereocenters. The molecule has 10 atom stereocenters. The van der Waals surface area contributed by atoms with E-state index in [0.717, 1.165) is 30.7 Å². The van der Waals surface area contributed by atoms with Crippen molar-refractivity contribution in [3.63, 3.8) is 0 Å². The minimum atomic E-state index is -1.08. The Hall–Kier alpha value is -5.75. The third-order valence-electron chi connectivity index (χ3n) is 13.6. The van der Waals surface area contributed by atoms with Gasteiger partial charge in [-0.2, -0.15) is 0 Å². The van der Waals surface area contributed by atoms with Crippen LogP contribution in [-0.2, 0) is 62.0 Å². The summed E-state index contributed by atoms with van der Waals surface area (Å²) in [4.78, 5) is 115. The largest absolute Gasteiger partial charge is 0.508 e. The highest BCUT2D eigenvalue weighted by molar-refractivity contribution is 7.09. The number of nitrogens with one attached hydrogen (secondary N) is 3. The number of benzene rings is 1. The van der Waals surface area contributed by atoms with Gasteiger partial charge in [-0.1, -0.05) is 73.4 Å². The first-order valence-corrected chi connectivity index (χ1v) is 28.4. The average molecular weight is 1130 g/mol. The molecule has 22 nitrogen and oxygen atoms in total. The van der Waals surface area contributed by atoms with E-state index in [9.17, 15) is 43.5 Å². The van der Waals surface area contributed by atoms with Crippen molar-refractivity contribution in [3.05, 3.63) is 45.9 Å². The molecule has 3 rings (SSSR count). The van der Waals surface area contributed by atoms with Gasteiger partial charge in [0.05, 0.1) is 37.3 Å². The lowest BCUT2D eigenvalue weighted by atomic mass is 9.92. The molecule has 79 heavy (non-hydrogen) atoms. The number of ether oxygens (including phenoxy) is 6. The summed E-state index contributed by atoms with van der Waals surface area (Å²) in [6.07, 6.45) is 0.164. The zero-order valence-electron chi connectivity index (χ0n) is 48.3. The van der Waals surface area contributed by atoms with Crippen molar-refractivity contribution in [3.8, 4) is 5.75 Å². The Labute approximate surface area is 469 Å². The molecule has 4 amide bonds. The number of likely N-dealkylation sites (tertiary alicyclic amines) is 1. The summed E-state index contributed by atoms with van der Waals surface area (Å²) < 4.78 is 33.0. The lowest BCUT2D eigenvalue weighted by molar-refractivity contribution is -0.191. The Morgan fingerprint density at radius 1 is 0.886 bits per heavy atom. The van der Waals surface area contributed by atoms with Crippen LogP contribution in [0.25, 0.3) is 0 Å². The first-order chi connectivity index (χ1) is 37.4. The minimum absolute atomic E-state index is 0.00574. The molecule has 1 aliphatic heterocycles. The maximum Gasteiger partial charge on any atom is 0.309 e. The number of piperidine rings is 1.